The fourth-order valence-electron chi connectivity index (χ4n) is 2.61. The summed E-state index contributed by atoms with van der Waals surface area (Å²) in [7, 11) is -2.36. The zero-order valence-electron chi connectivity index (χ0n) is 14.3. The molecule has 0 amide bonds. The minimum atomic E-state index is -4.24. The number of hydrogen-bond donors (Lipinski definition) is 3. The molecule has 26 heavy (non-hydrogen) atoms. The van der Waals surface area contributed by atoms with Crippen LogP contribution in [0.25, 0.3) is 10.8 Å². The normalized spacial score (nSPS) is 12.7. The number of sulfonamides is 1. The molecule has 0 saturated heterocycles. The summed E-state index contributed by atoms with van der Waals surface area (Å²) in [5, 5.41) is 19.0. The predicted molar refractivity (Wildman–Crippen MR) is 96.9 cm³/mol. The lowest BCUT2D eigenvalue weighted by atomic mass is 10.1. The van der Waals surface area contributed by atoms with Crippen LogP contribution in [0.15, 0.2) is 41.3 Å². The van der Waals surface area contributed by atoms with Crippen molar-refractivity contribution >= 4 is 38.4 Å². The van der Waals surface area contributed by atoms with Crippen molar-refractivity contribution in [2.45, 2.75) is 24.3 Å². The Bertz CT molecular complexity index is 941. The molecule has 0 saturated carbocycles. The van der Waals surface area contributed by atoms with Crippen LogP contribution < -0.4 is 9.62 Å². The van der Waals surface area contributed by atoms with E-state index in [1.54, 1.807) is 24.3 Å². The van der Waals surface area contributed by atoms with Crippen molar-refractivity contribution in [3.8, 4) is 0 Å². The molecule has 0 heterocycles. The third kappa shape index (κ3) is 4.12. The first-order chi connectivity index (χ1) is 12.2. The molecule has 9 heteroatoms. The Morgan fingerprint density at radius 2 is 1.73 bits per heavy atom. The Morgan fingerprint density at radius 1 is 1.12 bits per heavy atom. The molecule has 0 aliphatic heterocycles. The number of anilines is 1. The summed E-state index contributed by atoms with van der Waals surface area (Å²) in [6.45, 7) is 2.68. The van der Waals surface area contributed by atoms with Crippen molar-refractivity contribution in [2.24, 2.45) is 0 Å². The van der Waals surface area contributed by atoms with E-state index in [9.17, 15) is 18.0 Å². The summed E-state index contributed by atoms with van der Waals surface area (Å²) in [5.74, 6) is -2.97. The Kier molecular flexibility index (Phi) is 5.83. The Labute approximate surface area is 151 Å². The van der Waals surface area contributed by atoms with E-state index in [0.29, 0.717) is 17.3 Å². The highest BCUT2D eigenvalue weighted by Crippen LogP contribution is 2.30. The SMILES string of the molecule is CCN(C)c1cccc2c(S(=O)(=O)NC(CC(=O)O)C(=O)O)cccc12. The summed E-state index contributed by atoms with van der Waals surface area (Å²) in [5.41, 5.74) is 0.836. The molecule has 0 aliphatic carbocycles. The monoisotopic (exact) mass is 380 g/mol. The fraction of sp³-hybridized carbons (Fsp3) is 0.294. The van der Waals surface area contributed by atoms with Gasteiger partial charge in [0.1, 0.15) is 6.04 Å². The van der Waals surface area contributed by atoms with Crippen LogP contribution in [-0.2, 0) is 19.6 Å². The van der Waals surface area contributed by atoms with E-state index in [2.05, 4.69) is 0 Å². The quantitative estimate of drug-likeness (QED) is 0.634. The van der Waals surface area contributed by atoms with Crippen LogP contribution >= 0.6 is 0 Å². The molecule has 1 atom stereocenters. The van der Waals surface area contributed by atoms with Gasteiger partial charge in [-0.15, -0.1) is 0 Å². The van der Waals surface area contributed by atoms with E-state index in [4.69, 9.17) is 10.2 Å². The zero-order chi connectivity index (χ0) is 19.5. The highest BCUT2D eigenvalue weighted by molar-refractivity contribution is 7.89. The van der Waals surface area contributed by atoms with E-state index in [0.717, 1.165) is 5.69 Å². The van der Waals surface area contributed by atoms with Gasteiger partial charge in [-0.05, 0) is 19.1 Å². The smallest absolute Gasteiger partial charge is 0.322 e. The van der Waals surface area contributed by atoms with Crippen LogP contribution in [0.2, 0.25) is 0 Å². The molecule has 0 bridgehead atoms. The molecule has 0 radical (unpaired) electrons. The van der Waals surface area contributed by atoms with Crippen molar-refractivity contribution in [2.75, 3.05) is 18.5 Å². The summed E-state index contributed by atoms with van der Waals surface area (Å²) in [6.07, 6.45) is -0.858. The summed E-state index contributed by atoms with van der Waals surface area (Å²) < 4.78 is 27.4. The number of carbonyl (C=O) groups is 2. The molecular weight excluding hydrogens is 360 g/mol. The maximum atomic E-state index is 12.7. The van der Waals surface area contributed by atoms with Gasteiger partial charge >= 0.3 is 11.9 Å². The van der Waals surface area contributed by atoms with Gasteiger partial charge in [0.25, 0.3) is 0 Å². The van der Waals surface area contributed by atoms with Crippen molar-refractivity contribution in [1.82, 2.24) is 4.72 Å². The second kappa shape index (κ2) is 7.71. The average molecular weight is 380 g/mol. The molecule has 0 aliphatic rings. The molecule has 140 valence electrons. The number of carboxylic acids is 2. The summed E-state index contributed by atoms with van der Waals surface area (Å²) in [4.78, 5) is 23.8. The van der Waals surface area contributed by atoms with Gasteiger partial charge in [0.15, 0.2) is 0 Å². The Morgan fingerprint density at radius 3 is 2.31 bits per heavy atom. The van der Waals surface area contributed by atoms with E-state index < -0.39 is 34.4 Å². The molecule has 1 unspecified atom stereocenters. The van der Waals surface area contributed by atoms with Gasteiger partial charge in [0, 0.05) is 30.1 Å². The lowest BCUT2D eigenvalue weighted by molar-refractivity contribution is -0.145. The fourth-order valence-corrected chi connectivity index (χ4v) is 4.02. The van der Waals surface area contributed by atoms with Gasteiger partial charge in [-0.25, -0.2) is 8.42 Å². The highest BCUT2D eigenvalue weighted by atomic mass is 32.2. The lowest BCUT2D eigenvalue weighted by Gasteiger charge is -2.20. The predicted octanol–water partition coefficient (Wildman–Crippen LogP) is 1.50. The highest BCUT2D eigenvalue weighted by Gasteiger charge is 2.28. The molecule has 2 rings (SSSR count). The maximum Gasteiger partial charge on any atom is 0.322 e. The third-order valence-corrected chi connectivity index (χ3v) is 5.54. The third-order valence-electron chi connectivity index (χ3n) is 4.01. The minimum absolute atomic E-state index is 0.0991. The maximum absolute atomic E-state index is 12.7. The first-order valence-corrected chi connectivity index (χ1v) is 9.35. The zero-order valence-corrected chi connectivity index (χ0v) is 15.2. The second-order valence-electron chi connectivity index (χ2n) is 5.75. The molecule has 0 fully saturated rings. The Hall–Kier alpha value is -2.65. The van der Waals surface area contributed by atoms with Gasteiger partial charge in [0.05, 0.1) is 11.3 Å². The summed E-state index contributed by atoms with van der Waals surface area (Å²) in [6, 6.07) is 8.16. The van der Waals surface area contributed by atoms with Gasteiger partial charge in [-0.1, -0.05) is 24.3 Å². The number of benzene rings is 2. The molecule has 8 nitrogen and oxygen atoms in total. The molecule has 0 spiro atoms. The van der Waals surface area contributed by atoms with Gasteiger partial charge in [0.2, 0.25) is 10.0 Å². The number of rotatable bonds is 8. The second-order valence-corrected chi connectivity index (χ2v) is 7.43. The van der Waals surface area contributed by atoms with Gasteiger partial charge in [-0.2, -0.15) is 4.72 Å². The molecule has 3 N–H and O–H groups in total. The van der Waals surface area contributed by atoms with Crippen LogP contribution in [0, 0.1) is 0 Å². The number of nitrogens with zero attached hydrogens (tertiary/aromatic N) is 1. The van der Waals surface area contributed by atoms with E-state index in [1.807, 2.05) is 29.7 Å². The molecule has 0 aromatic heterocycles. The molecule has 2 aromatic rings. The van der Waals surface area contributed by atoms with Crippen LogP contribution in [-0.4, -0.2) is 50.2 Å². The van der Waals surface area contributed by atoms with Crippen molar-refractivity contribution < 1.29 is 28.2 Å². The first kappa shape index (κ1) is 19.7. The van der Waals surface area contributed by atoms with Crippen molar-refractivity contribution in [1.29, 1.82) is 0 Å². The van der Waals surface area contributed by atoms with Gasteiger partial charge in [-0.3, -0.25) is 9.59 Å². The number of aliphatic carboxylic acids is 2. The molecular formula is C17H20N2O6S. The van der Waals surface area contributed by atoms with E-state index in [-0.39, 0.29) is 4.90 Å². The van der Waals surface area contributed by atoms with Crippen molar-refractivity contribution in [3.63, 3.8) is 0 Å². The molecule has 2 aromatic carbocycles. The van der Waals surface area contributed by atoms with E-state index in [1.165, 1.54) is 6.07 Å². The van der Waals surface area contributed by atoms with Crippen LogP contribution in [0.3, 0.4) is 0 Å². The van der Waals surface area contributed by atoms with Crippen LogP contribution in [0.5, 0.6) is 0 Å². The average Bonchev–Trinajstić information content (AvgIpc) is 2.58. The topological polar surface area (TPSA) is 124 Å². The minimum Gasteiger partial charge on any atom is -0.481 e. The standard InChI is InChI=1S/C17H20N2O6S/c1-3-19(2)14-8-4-7-12-11(14)6-5-9-15(12)26(24,25)18-13(17(22)23)10-16(20)21/h4-9,13,18H,3,10H2,1-2H3,(H,20,21)(H,22,23). The van der Waals surface area contributed by atoms with Crippen molar-refractivity contribution in [3.05, 3.63) is 36.4 Å². The van der Waals surface area contributed by atoms with E-state index >= 15 is 0 Å². The lowest BCUT2D eigenvalue weighted by Crippen LogP contribution is -2.42. The number of carboxylic acid groups (broad SMARTS) is 2. The Balaban J connectivity index is 2.55. The van der Waals surface area contributed by atoms with Crippen LogP contribution in [0.1, 0.15) is 13.3 Å². The number of hydrogen-bond acceptors (Lipinski definition) is 5. The number of nitrogens with one attached hydrogen (secondary N) is 1. The summed E-state index contributed by atoms with van der Waals surface area (Å²) >= 11 is 0. The first-order valence-electron chi connectivity index (χ1n) is 7.87. The largest absolute Gasteiger partial charge is 0.481 e. The van der Waals surface area contributed by atoms with Gasteiger partial charge < -0.3 is 15.1 Å². The number of fused-ring (bicyclic) bond motifs is 1. The van der Waals surface area contributed by atoms with Crippen LogP contribution in [0.4, 0.5) is 5.69 Å².